The number of rotatable bonds is 6. The van der Waals surface area contributed by atoms with Crippen molar-refractivity contribution >= 4 is 6.34 Å². The summed E-state index contributed by atoms with van der Waals surface area (Å²) in [6, 6.07) is 0. The summed E-state index contributed by atoms with van der Waals surface area (Å²) in [7, 11) is 0. The van der Waals surface area contributed by atoms with Gasteiger partial charge in [-0.15, -0.1) is 0 Å². The lowest BCUT2D eigenvalue weighted by Crippen LogP contribution is -2.40. The van der Waals surface area contributed by atoms with Gasteiger partial charge in [0.25, 0.3) is 0 Å². The number of hydrogen-bond acceptors (Lipinski definition) is 3. The Hall–Kier alpha value is -0.730. The van der Waals surface area contributed by atoms with Crippen LogP contribution in [-0.4, -0.2) is 35.5 Å². The molecule has 0 aromatic carbocycles. The van der Waals surface area contributed by atoms with Crippen LogP contribution in [0.3, 0.4) is 0 Å². The molecule has 1 rings (SSSR count). The maximum Gasteiger partial charge on any atom is 0.119 e. The topological polar surface area (TPSA) is 18.8 Å². The molecule has 1 heterocycles. The Morgan fingerprint density at radius 3 is 2.60 bits per heavy atom. The molecule has 0 aliphatic carbocycles. The molecule has 1 atom stereocenters. The third kappa shape index (κ3) is 3.40. The van der Waals surface area contributed by atoms with E-state index in [1.54, 1.807) is 0 Å². The van der Waals surface area contributed by atoms with Gasteiger partial charge in [-0.25, -0.2) is 0 Å². The predicted molar refractivity (Wildman–Crippen MR) is 65.7 cm³/mol. The molecule has 15 heavy (non-hydrogen) atoms. The van der Waals surface area contributed by atoms with Crippen molar-refractivity contribution < 1.29 is 0 Å². The Morgan fingerprint density at radius 1 is 1.33 bits per heavy atom. The second kappa shape index (κ2) is 5.99. The minimum atomic E-state index is 0.501. The molecular formula is C12H25N3. The summed E-state index contributed by atoms with van der Waals surface area (Å²) in [5.41, 5.74) is 0. The SMILES string of the molecule is CCCCN1N=CN(CC)C1CC(C)C. The van der Waals surface area contributed by atoms with Crippen LogP contribution in [0.1, 0.15) is 47.0 Å². The summed E-state index contributed by atoms with van der Waals surface area (Å²) in [4.78, 5) is 2.34. The van der Waals surface area contributed by atoms with Gasteiger partial charge in [-0.1, -0.05) is 27.2 Å². The molecule has 0 bridgehead atoms. The fourth-order valence-corrected chi connectivity index (χ4v) is 1.96. The van der Waals surface area contributed by atoms with E-state index < -0.39 is 0 Å². The molecule has 0 aromatic heterocycles. The Labute approximate surface area is 94.1 Å². The van der Waals surface area contributed by atoms with Crippen LogP contribution >= 0.6 is 0 Å². The maximum absolute atomic E-state index is 4.49. The third-order valence-corrected chi connectivity index (χ3v) is 2.86. The normalized spacial score (nSPS) is 20.7. The van der Waals surface area contributed by atoms with Crippen molar-refractivity contribution in [3.05, 3.63) is 0 Å². The number of hydrazone groups is 1. The van der Waals surface area contributed by atoms with Gasteiger partial charge < -0.3 is 4.90 Å². The highest BCUT2D eigenvalue weighted by Crippen LogP contribution is 2.20. The van der Waals surface area contributed by atoms with Crippen LogP contribution in [0.2, 0.25) is 0 Å². The standard InChI is InChI=1S/C12H25N3/c1-5-7-8-15-12(9-11(3)4)14(6-2)10-13-15/h10-12H,5-9H2,1-4H3. The zero-order valence-corrected chi connectivity index (χ0v) is 10.6. The molecular weight excluding hydrogens is 186 g/mol. The van der Waals surface area contributed by atoms with Gasteiger partial charge in [0.05, 0.1) is 0 Å². The molecule has 0 aromatic rings. The lowest BCUT2D eigenvalue weighted by Gasteiger charge is -2.31. The van der Waals surface area contributed by atoms with E-state index in [4.69, 9.17) is 0 Å². The summed E-state index contributed by atoms with van der Waals surface area (Å²) in [5, 5.41) is 6.75. The second-order valence-corrected chi connectivity index (χ2v) is 4.69. The van der Waals surface area contributed by atoms with Gasteiger partial charge in [0, 0.05) is 13.1 Å². The predicted octanol–water partition coefficient (Wildman–Crippen LogP) is 2.74. The largest absolute Gasteiger partial charge is 0.340 e. The monoisotopic (exact) mass is 211 g/mol. The van der Waals surface area contributed by atoms with Crippen LogP contribution in [0.4, 0.5) is 0 Å². The zero-order valence-electron chi connectivity index (χ0n) is 10.6. The van der Waals surface area contributed by atoms with E-state index >= 15 is 0 Å². The van der Waals surface area contributed by atoms with Crippen molar-refractivity contribution in [2.45, 2.75) is 53.1 Å². The van der Waals surface area contributed by atoms with Crippen molar-refractivity contribution in [3.8, 4) is 0 Å². The van der Waals surface area contributed by atoms with Gasteiger partial charge in [0.1, 0.15) is 12.5 Å². The van der Waals surface area contributed by atoms with Crippen molar-refractivity contribution in [2.75, 3.05) is 13.1 Å². The smallest absolute Gasteiger partial charge is 0.119 e. The Bertz CT molecular complexity index is 201. The molecule has 1 unspecified atom stereocenters. The highest BCUT2D eigenvalue weighted by Gasteiger charge is 2.26. The summed E-state index contributed by atoms with van der Waals surface area (Å²) < 4.78 is 0. The maximum atomic E-state index is 4.49. The average Bonchev–Trinajstić information content (AvgIpc) is 2.57. The summed E-state index contributed by atoms with van der Waals surface area (Å²) in [6.07, 6.45) is 6.19. The van der Waals surface area contributed by atoms with Gasteiger partial charge in [0.2, 0.25) is 0 Å². The molecule has 0 fully saturated rings. The first-order valence-corrected chi connectivity index (χ1v) is 6.25. The second-order valence-electron chi connectivity index (χ2n) is 4.69. The van der Waals surface area contributed by atoms with Crippen molar-refractivity contribution in [2.24, 2.45) is 11.0 Å². The number of nitrogens with zero attached hydrogens (tertiary/aromatic N) is 3. The summed E-state index contributed by atoms with van der Waals surface area (Å²) in [6.45, 7) is 11.1. The lowest BCUT2D eigenvalue weighted by atomic mass is 10.1. The molecule has 0 amide bonds. The highest BCUT2D eigenvalue weighted by molar-refractivity contribution is 5.56. The molecule has 0 N–H and O–H groups in total. The summed E-state index contributed by atoms with van der Waals surface area (Å²) in [5.74, 6) is 0.731. The first kappa shape index (κ1) is 12.3. The minimum absolute atomic E-state index is 0.501. The Morgan fingerprint density at radius 2 is 2.07 bits per heavy atom. The average molecular weight is 211 g/mol. The first-order valence-electron chi connectivity index (χ1n) is 6.25. The van der Waals surface area contributed by atoms with Crippen LogP contribution < -0.4 is 0 Å². The molecule has 0 radical (unpaired) electrons. The molecule has 0 spiro atoms. The van der Waals surface area contributed by atoms with E-state index in [1.807, 2.05) is 6.34 Å². The van der Waals surface area contributed by atoms with Crippen LogP contribution in [0.25, 0.3) is 0 Å². The van der Waals surface area contributed by atoms with Crippen LogP contribution in [0, 0.1) is 5.92 Å². The quantitative estimate of drug-likeness (QED) is 0.672. The van der Waals surface area contributed by atoms with E-state index in [0.29, 0.717) is 6.17 Å². The van der Waals surface area contributed by atoms with Crippen molar-refractivity contribution in [1.29, 1.82) is 0 Å². The van der Waals surface area contributed by atoms with Gasteiger partial charge >= 0.3 is 0 Å². The van der Waals surface area contributed by atoms with E-state index in [-0.39, 0.29) is 0 Å². The van der Waals surface area contributed by atoms with Gasteiger partial charge in [-0.3, -0.25) is 5.01 Å². The molecule has 88 valence electrons. The molecule has 3 heteroatoms. The Balaban J connectivity index is 2.50. The minimum Gasteiger partial charge on any atom is -0.340 e. The van der Waals surface area contributed by atoms with Crippen LogP contribution in [0.5, 0.6) is 0 Å². The van der Waals surface area contributed by atoms with Gasteiger partial charge in [0.15, 0.2) is 0 Å². The molecule has 1 aliphatic heterocycles. The van der Waals surface area contributed by atoms with E-state index in [0.717, 1.165) is 19.0 Å². The molecule has 3 nitrogen and oxygen atoms in total. The molecule has 0 saturated carbocycles. The van der Waals surface area contributed by atoms with E-state index in [9.17, 15) is 0 Å². The third-order valence-electron chi connectivity index (χ3n) is 2.86. The van der Waals surface area contributed by atoms with E-state index in [1.165, 1.54) is 19.3 Å². The molecule has 1 aliphatic rings. The van der Waals surface area contributed by atoms with Gasteiger partial charge in [-0.2, -0.15) is 5.10 Å². The number of unbranched alkanes of at least 4 members (excludes halogenated alkanes) is 1. The molecule has 0 saturated heterocycles. The first-order chi connectivity index (χ1) is 7.19. The van der Waals surface area contributed by atoms with Crippen molar-refractivity contribution in [1.82, 2.24) is 9.91 Å². The highest BCUT2D eigenvalue weighted by atomic mass is 15.6. The van der Waals surface area contributed by atoms with Crippen LogP contribution in [0.15, 0.2) is 5.10 Å². The fourth-order valence-electron chi connectivity index (χ4n) is 1.96. The summed E-state index contributed by atoms with van der Waals surface area (Å²) >= 11 is 0. The van der Waals surface area contributed by atoms with Crippen LogP contribution in [-0.2, 0) is 0 Å². The number of hydrogen-bond donors (Lipinski definition) is 0. The van der Waals surface area contributed by atoms with Crippen molar-refractivity contribution in [3.63, 3.8) is 0 Å². The lowest BCUT2D eigenvalue weighted by molar-refractivity contribution is 0.111. The van der Waals surface area contributed by atoms with Gasteiger partial charge in [-0.05, 0) is 25.7 Å². The van der Waals surface area contributed by atoms with E-state index in [2.05, 4.69) is 42.7 Å². The Kier molecular flexibility index (Phi) is 4.92. The fraction of sp³-hybridized carbons (Fsp3) is 0.917. The zero-order chi connectivity index (χ0) is 11.3.